The molecule has 250 valence electrons. The van der Waals surface area contributed by atoms with E-state index < -0.39 is 36.2 Å². The summed E-state index contributed by atoms with van der Waals surface area (Å²) in [5.41, 5.74) is 0.688. The van der Waals surface area contributed by atoms with E-state index in [0.29, 0.717) is 42.7 Å². The van der Waals surface area contributed by atoms with E-state index in [4.69, 9.17) is 9.47 Å². The second kappa shape index (κ2) is 16.1. The van der Waals surface area contributed by atoms with Crippen molar-refractivity contribution in [1.82, 2.24) is 25.8 Å². The maximum atomic E-state index is 14.3. The molecule has 0 unspecified atom stereocenters. The molecular formula is C34H53N5O6. The van der Waals surface area contributed by atoms with E-state index in [-0.39, 0.29) is 42.0 Å². The predicted octanol–water partition coefficient (Wildman–Crippen LogP) is 3.18. The molecule has 45 heavy (non-hydrogen) atoms. The van der Waals surface area contributed by atoms with Gasteiger partial charge in [0.1, 0.15) is 35.7 Å². The number of nitrogens with one attached hydrogen (secondary N) is 3. The molecule has 0 radical (unpaired) electrons. The van der Waals surface area contributed by atoms with E-state index in [1.807, 2.05) is 46.7 Å². The Morgan fingerprint density at radius 2 is 1.73 bits per heavy atom. The van der Waals surface area contributed by atoms with Crippen LogP contribution in [0.2, 0.25) is 0 Å². The first-order chi connectivity index (χ1) is 21.2. The normalized spacial score (nSPS) is 21.7. The molecule has 3 rings (SSSR count). The Balaban J connectivity index is 2.00. The van der Waals surface area contributed by atoms with Crippen LogP contribution in [0.15, 0.2) is 24.4 Å². The van der Waals surface area contributed by atoms with E-state index in [1.165, 1.54) is 11.1 Å². The Hall–Kier alpha value is -3.60. The fourth-order valence-electron chi connectivity index (χ4n) is 5.97. The highest BCUT2D eigenvalue weighted by atomic mass is 16.5. The summed E-state index contributed by atoms with van der Waals surface area (Å²) in [4.78, 5) is 58.5. The van der Waals surface area contributed by atoms with Crippen molar-refractivity contribution in [2.24, 2.45) is 17.8 Å². The Bertz CT molecular complexity index is 1230. The number of carbonyl (C=O) groups excluding carboxylic acids is 4. The Labute approximate surface area is 268 Å². The third-order valence-electron chi connectivity index (χ3n) is 8.15. The minimum atomic E-state index is -1.01. The summed E-state index contributed by atoms with van der Waals surface area (Å²) < 4.78 is 11.9. The van der Waals surface area contributed by atoms with Crippen LogP contribution in [0.25, 0.3) is 6.08 Å². The number of likely N-dealkylation sites (N-methyl/N-ethyl adjacent to an activating group) is 1. The average molecular weight is 628 g/mol. The van der Waals surface area contributed by atoms with Gasteiger partial charge in [-0.15, -0.1) is 0 Å². The smallest absolute Gasteiger partial charge is 0.247 e. The molecule has 0 spiro atoms. The van der Waals surface area contributed by atoms with Gasteiger partial charge >= 0.3 is 0 Å². The molecule has 11 nitrogen and oxygen atoms in total. The van der Waals surface area contributed by atoms with Gasteiger partial charge in [0.05, 0.1) is 13.2 Å². The van der Waals surface area contributed by atoms with Gasteiger partial charge < -0.3 is 30.3 Å². The zero-order chi connectivity index (χ0) is 33.4. The van der Waals surface area contributed by atoms with Gasteiger partial charge in [0.15, 0.2) is 0 Å². The number of nitrogens with zero attached hydrogens (tertiary/aromatic N) is 2. The lowest BCUT2D eigenvalue weighted by atomic mass is 9.99. The lowest BCUT2D eigenvalue weighted by molar-refractivity contribution is -0.144. The Kier molecular flexibility index (Phi) is 12.8. The van der Waals surface area contributed by atoms with Gasteiger partial charge in [-0.3, -0.25) is 24.1 Å². The maximum absolute atomic E-state index is 14.3. The number of ether oxygens (including phenoxy) is 2. The summed E-state index contributed by atoms with van der Waals surface area (Å²) in [6, 6.07) is 2.24. The molecule has 0 aromatic heterocycles. The topological polar surface area (TPSA) is 129 Å². The van der Waals surface area contributed by atoms with E-state index >= 15 is 0 Å². The molecular weight excluding hydrogens is 574 g/mol. The SMILES string of the molecule is COc1ccc2cc1C=CNC(=O)[C@H](CC(C)C)NC(=O)[C@H]1[C@@H](CCN1C(=O)[C@H](CC(C)C)NC(=O)[C@H](CC(C)C)N(C)C)O2. The highest BCUT2D eigenvalue weighted by molar-refractivity contribution is 5.96. The van der Waals surface area contributed by atoms with Gasteiger partial charge in [-0.05, 0) is 75.4 Å². The molecule has 2 aliphatic rings. The third kappa shape index (κ3) is 9.69. The quantitative estimate of drug-likeness (QED) is 0.344. The number of hydrogen-bond donors (Lipinski definition) is 3. The summed E-state index contributed by atoms with van der Waals surface area (Å²) in [7, 11) is 5.28. The van der Waals surface area contributed by atoms with Crippen LogP contribution >= 0.6 is 0 Å². The number of amides is 4. The summed E-state index contributed by atoms with van der Waals surface area (Å²) >= 11 is 0. The largest absolute Gasteiger partial charge is 0.496 e. The lowest BCUT2D eigenvalue weighted by Gasteiger charge is -2.33. The number of methoxy groups -OCH3 is 1. The highest BCUT2D eigenvalue weighted by Gasteiger charge is 2.46. The number of benzene rings is 1. The zero-order valence-corrected chi connectivity index (χ0v) is 28.4. The second-order valence-electron chi connectivity index (χ2n) is 13.7. The van der Waals surface area contributed by atoms with E-state index in [2.05, 4.69) is 29.8 Å². The number of fused-ring (bicyclic) bond motifs is 3. The number of hydrogen-bond acceptors (Lipinski definition) is 7. The first-order valence-electron chi connectivity index (χ1n) is 16.1. The van der Waals surface area contributed by atoms with Gasteiger partial charge in [0.2, 0.25) is 23.6 Å². The van der Waals surface area contributed by atoms with Crippen LogP contribution in [0.1, 0.15) is 72.8 Å². The van der Waals surface area contributed by atoms with Gasteiger partial charge in [0, 0.05) is 24.7 Å². The number of likely N-dealkylation sites (tertiary alicyclic amines) is 1. The average Bonchev–Trinajstić information content (AvgIpc) is 3.37. The summed E-state index contributed by atoms with van der Waals surface area (Å²) in [5.74, 6) is 0.225. The second-order valence-corrected chi connectivity index (χ2v) is 13.7. The van der Waals surface area contributed by atoms with Gasteiger partial charge in [-0.25, -0.2) is 0 Å². The molecule has 1 saturated heterocycles. The molecule has 2 bridgehead atoms. The summed E-state index contributed by atoms with van der Waals surface area (Å²) in [5, 5.41) is 8.73. The van der Waals surface area contributed by atoms with Crippen molar-refractivity contribution >= 4 is 29.7 Å². The van der Waals surface area contributed by atoms with Crippen molar-refractivity contribution in [2.75, 3.05) is 27.7 Å². The van der Waals surface area contributed by atoms with Gasteiger partial charge in [0.25, 0.3) is 0 Å². The van der Waals surface area contributed by atoms with Crippen molar-refractivity contribution < 1.29 is 28.7 Å². The molecule has 2 aliphatic heterocycles. The third-order valence-corrected chi connectivity index (χ3v) is 8.15. The van der Waals surface area contributed by atoms with Crippen molar-refractivity contribution in [3.05, 3.63) is 30.0 Å². The van der Waals surface area contributed by atoms with Crippen molar-refractivity contribution in [3.63, 3.8) is 0 Å². The molecule has 1 fully saturated rings. The van der Waals surface area contributed by atoms with E-state index in [1.54, 1.807) is 31.4 Å². The van der Waals surface area contributed by atoms with Crippen LogP contribution in [0.3, 0.4) is 0 Å². The van der Waals surface area contributed by atoms with Crippen molar-refractivity contribution in [1.29, 1.82) is 0 Å². The molecule has 2 heterocycles. The monoisotopic (exact) mass is 627 g/mol. The van der Waals surface area contributed by atoms with Crippen LogP contribution in [0, 0.1) is 17.8 Å². The van der Waals surface area contributed by atoms with Crippen LogP contribution in [-0.4, -0.2) is 91.4 Å². The highest BCUT2D eigenvalue weighted by Crippen LogP contribution is 2.30. The molecule has 1 aromatic carbocycles. The molecule has 3 N–H and O–H groups in total. The molecule has 11 heteroatoms. The molecule has 0 saturated carbocycles. The number of carbonyl (C=O) groups is 4. The number of rotatable bonds is 11. The van der Waals surface area contributed by atoms with Crippen molar-refractivity contribution in [2.45, 2.75) is 97.5 Å². The van der Waals surface area contributed by atoms with Gasteiger partial charge in [-0.2, -0.15) is 0 Å². The van der Waals surface area contributed by atoms with E-state index in [9.17, 15) is 19.2 Å². The molecule has 4 amide bonds. The first-order valence-corrected chi connectivity index (χ1v) is 16.1. The summed E-state index contributed by atoms with van der Waals surface area (Å²) in [6.07, 6.45) is 4.43. The zero-order valence-electron chi connectivity index (χ0n) is 28.4. The summed E-state index contributed by atoms with van der Waals surface area (Å²) in [6.45, 7) is 12.3. The minimum Gasteiger partial charge on any atom is -0.496 e. The predicted molar refractivity (Wildman–Crippen MR) is 174 cm³/mol. The molecule has 5 atom stereocenters. The minimum absolute atomic E-state index is 0.107. The lowest BCUT2D eigenvalue weighted by Crippen LogP contribution is -2.60. The fourth-order valence-corrected chi connectivity index (χ4v) is 5.97. The van der Waals surface area contributed by atoms with Crippen LogP contribution in [0.5, 0.6) is 11.5 Å². The Morgan fingerprint density at radius 3 is 2.33 bits per heavy atom. The molecule has 0 aliphatic carbocycles. The van der Waals surface area contributed by atoms with Crippen LogP contribution in [-0.2, 0) is 19.2 Å². The van der Waals surface area contributed by atoms with Crippen LogP contribution < -0.4 is 25.4 Å². The fraction of sp³-hybridized carbons (Fsp3) is 0.647. The van der Waals surface area contributed by atoms with Crippen molar-refractivity contribution in [3.8, 4) is 11.5 Å². The maximum Gasteiger partial charge on any atom is 0.247 e. The van der Waals surface area contributed by atoms with Gasteiger partial charge in [-0.1, -0.05) is 41.5 Å². The first kappa shape index (κ1) is 35.9. The Morgan fingerprint density at radius 1 is 1.04 bits per heavy atom. The standard InChI is InChI=1S/C34H53N5O6/c1-20(2)16-25-31(40)35-14-12-23-19-24(10-11-28(23)44-9)45-29-13-15-39(30(29)33(42)36-25)34(43)26(17-21(3)4)37-32(41)27(38(7)8)18-22(5)6/h10-12,14,19-22,25-27,29-30H,13,15-18H2,1-9H3,(H,35,40)(H,36,42)(H,37,41)/t25-,26-,27-,29+,30+/m0/s1. The van der Waals surface area contributed by atoms with Crippen LogP contribution in [0.4, 0.5) is 0 Å². The van der Waals surface area contributed by atoms with E-state index in [0.717, 1.165) is 0 Å². The molecule has 1 aromatic rings.